The number of ether oxygens (including phenoxy) is 2. The van der Waals surface area contributed by atoms with Gasteiger partial charge in [-0.15, -0.1) is 0 Å². The average Bonchev–Trinajstić information content (AvgIpc) is 2.47. The standard InChI is InChI=1S/C17H20BNO2/c1-4-20-15-7-5-13(16(10-15)19-3)11-21-17-8-6-14(18)9-12(17)2/h5-10,19H,4,11H2,1-3H3. The Hall–Kier alpha value is -2.10. The van der Waals surface area contributed by atoms with Gasteiger partial charge in [0.25, 0.3) is 0 Å². The lowest BCUT2D eigenvalue weighted by Crippen LogP contribution is -2.05. The Kier molecular flexibility index (Phi) is 5.15. The van der Waals surface area contributed by atoms with E-state index in [1.165, 1.54) is 0 Å². The van der Waals surface area contributed by atoms with Gasteiger partial charge in [0.15, 0.2) is 0 Å². The maximum Gasteiger partial charge on any atom is 0.122 e. The molecule has 2 aromatic carbocycles. The molecule has 0 aromatic heterocycles. The fourth-order valence-electron chi connectivity index (χ4n) is 2.16. The van der Waals surface area contributed by atoms with Crippen LogP contribution in [0.25, 0.3) is 0 Å². The van der Waals surface area contributed by atoms with Crippen LogP contribution >= 0.6 is 0 Å². The van der Waals surface area contributed by atoms with E-state index in [0.29, 0.717) is 13.2 Å². The van der Waals surface area contributed by atoms with Crippen molar-refractivity contribution in [3.05, 3.63) is 47.5 Å². The van der Waals surface area contributed by atoms with Gasteiger partial charge in [-0.3, -0.25) is 0 Å². The van der Waals surface area contributed by atoms with Crippen LogP contribution in [0.4, 0.5) is 5.69 Å². The summed E-state index contributed by atoms with van der Waals surface area (Å²) in [5.74, 6) is 1.70. The van der Waals surface area contributed by atoms with E-state index < -0.39 is 0 Å². The molecule has 0 amide bonds. The number of anilines is 1. The van der Waals surface area contributed by atoms with Gasteiger partial charge in [0.1, 0.15) is 26.0 Å². The Morgan fingerprint density at radius 2 is 1.90 bits per heavy atom. The first-order valence-corrected chi connectivity index (χ1v) is 7.06. The number of nitrogens with one attached hydrogen (secondary N) is 1. The zero-order chi connectivity index (χ0) is 15.2. The summed E-state index contributed by atoms with van der Waals surface area (Å²) in [7, 11) is 7.64. The highest BCUT2D eigenvalue weighted by Gasteiger charge is 2.06. The van der Waals surface area contributed by atoms with Crippen LogP contribution in [0.3, 0.4) is 0 Å². The molecular formula is C17H20BNO2. The van der Waals surface area contributed by atoms with Gasteiger partial charge in [-0.25, -0.2) is 0 Å². The summed E-state index contributed by atoms with van der Waals surface area (Å²) < 4.78 is 11.4. The maximum absolute atomic E-state index is 5.88. The zero-order valence-corrected chi connectivity index (χ0v) is 12.8. The Morgan fingerprint density at radius 1 is 1.10 bits per heavy atom. The minimum absolute atomic E-state index is 0.493. The zero-order valence-electron chi connectivity index (χ0n) is 12.8. The van der Waals surface area contributed by atoms with E-state index in [2.05, 4.69) is 5.32 Å². The van der Waals surface area contributed by atoms with Gasteiger partial charge in [-0.2, -0.15) is 0 Å². The molecule has 0 aliphatic heterocycles. The van der Waals surface area contributed by atoms with Crippen LogP contribution in [0, 0.1) is 6.92 Å². The van der Waals surface area contributed by atoms with Gasteiger partial charge in [-0.1, -0.05) is 17.6 Å². The minimum atomic E-state index is 0.493. The molecule has 2 radical (unpaired) electrons. The summed E-state index contributed by atoms with van der Waals surface area (Å²) >= 11 is 0. The lowest BCUT2D eigenvalue weighted by molar-refractivity contribution is 0.304. The Bertz CT molecular complexity index is 614. The van der Waals surface area contributed by atoms with E-state index in [1.807, 2.05) is 57.3 Å². The molecule has 3 nitrogen and oxygen atoms in total. The van der Waals surface area contributed by atoms with Crippen LogP contribution in [-0.2, 0) is 6.61 Å². The first-order chi connectivity index (χ1) is 10.1. The monoisotopic (exact) mass is 281 g/mol. The number of aryl methyl sites for hydroxylation is 1. The van der Waals surface area contributed by atoms with Crippen molar-refractivity contribution in [2.75, 3.05) is 19.0 Å². The van der Waals surface area contributed by atoms with Crippen LogP contribution in [0.2, 0.25) is 0 Å². The lowest BCUT2D eigenvalue weighted by Gasteiger charge is -2.14. The van der Waals surface area contributed by atoms with Gasteiger partial charge < -0.3 is 14.8 Å². The normalized spacial score (nSPS) is 10.2. The van der Waals surface area contributed by atoms with Crippen LogP contribution in [0.1, 0.15) is 18.1 Å². The molecule has 0 fully saturated rings. The molecule has 2 rings (SSSR count). The molecule has 0 bridgehead atoms. The molecular weight excluding hydrogens is 261 g/mol. The highest BCUT2D eigenvalue weighted by Crippen LogP contribution is 2.24. The molecule has 0 unspecified atom stereocenters. The van der Waals surface area contributed by atoms with Crippen LogP contribution < -0.4 is 20.3 Å². The molecule has 108 valence electrons. The maximum atomic E-state index is 5.88. The second-order valence-corrected chi connectivity index (χ2v) is 4.82. The highest BCUT2D eigenvalue weighted by atomic mass is 16.5. The van der Waals surface area contributed by atoms with E-state index in [0.717, 1.165) is 33.8 Å². The molecule has 0 aliphatic carbocycles. The molecule has 0 saturated carbocycles. The predicted octanol–water partition coefficient (Wildman–Crippen LogP) is 2.81. The third-order valence-electron chi connectivity index (χ3n) is 3.24. The highest BCUT2D eigenvalue weighted by molar-refractivity contribution is 6.32. The van der Waals surface area contributed by atoms with E-state index in [4.69, 9.17) is 17.3 Å². The molecule has 0 spiro atoms. The number of benzene rings is 2. The van der Waals surface area contributed by atoms with Crippen LogP contribution in [0.15, 0.2) is 36.4 Å². The van der Waals surface area contributed by atoms with Crippen molar-refractivity contribution in [3.63, 3.8) is 0 Å². The van der Waals surface area contributed by atoms with E-state index in [-0.39, 0.29) is 0 Å². The number of rotatable bonds is 6. The van der Waals surface area contributed by atoms with E-state index >= 15 is 0 Å². The fraction of sp³-hybridized carbons (Fsp3) is 0.294. The van der Waals surface area contributed by atoms with Crippen molar-refractivity contribution in [3.8, 4) is 11.5 Å². The van der Waals surface area contributed by atoms with Gasteiger partial charge in [0, 0.05) is 24.4 Å². The number of hydrogen-bond acceptors (Lipinski definition) is 3. The fourth-order valence-corrected chi connectivity index (χ4v) is 2.16. The second-order valence-electron chi connectivity index (χ2n) is 4.82. The summed E-state index contributed by atoms with van der Waals surface area (Å²) in [6.45, 7) is 5.11. The minimum Gasteiger partial charge on any atom is -0.494 e. The van der Waals surface area contributed by atoms with Gasteiger partial charge in [0.2, 0.25) is 0 Å². The third-order valence-corrected chi connectivity index (χ3v) is 3.24. The van der Waals surface area contributed by atoms with Crippen molar-refractivity contribution in [2.45, 2.75) is 20.5 Å². The molecule has 1 N–H and O–H groups in total. The first-order valence-electron chi connectivity index (χ1n) is 7.06. The van der Waals surface area contributed by atoms with E-state index in [1.54, 1.807) is 0 Å². The Balaban J connectivity index is 2.12. The van der Waals surface area contributed by atoms with Crippen molar-refractivity contribution in [1.82, 2.24) is 0 Å². The Morgan fingerprint density at radius 3 is 2.57 bits per heavy atom. The van der Waals surface area contributed by atoms with Crippen LogP contribution in [0.5, 0.6) is 11.5 Å². The lowest BCUT2D eigenvalue weighted by atomic mass is 9.94. The molecule has 4 heteroatoms. The summed E-state index contributed by atoms with van der Waals surface area (Å²) in [6.07, 6.45) is 0. The van der Waals surface area contributed by atoms with Gasteiger partial charge in [0.05, 0.1) is 6.61 Å². The van der Waals surface area contributed by atoms with Crippen molar-refractivity contribution in [2.24, 2.45) is 0 Å². The molecule has 0 saturated heterocycles. The topological polar surface area (TPSA) is 30.5 Å². The van der Waals surface area contributed by atoms with E-state index in [9.17, 15) is 0 Å². The van der Waals surface area contributed by atoms with Crippen molar-refractivity contribution in [1.29, 1.82) is 0 Å². The van der Waals surface area contributed by atoms with Gasteiger partial charge >= 0.3 is 0 Å². The van der Waals surface area contributed by atoms with Gasteiger partial charge in [-0.05, 0) is 37.6 Å². The molecule has 2 aromatic rings. The Labute approximate surface area is 127 Å². The summed E-state index contributed by atoms with van der Waals surface area (Å²) in [4.78, 5) is 0. The largest absolute Gasteiger partial charge is 0.494 e. The molecule has 0 atom stereocenters. The second kappa shape index (κ2) is 7.07. The molecule has 21 heavy (non-hydrogen) atoms. The first kappa shape index (κ1) is 15.3. The summed E-state index contributed by atoms with van der Waals surface area (Å²) in [5.41, 5.74) is 3.87. The smallest absolute Gasteiger partial charge is 0.122 e. The molecule has 0 heterocycles. The van der Waals surface area contributed by atoms with Crippen molar-refractivity contribution >= 4 is 19.0 Å². The average molecular weight is 281 g/mol. The SMILES string of the molecule is [B]c1ccc(OCc2ccc(OCC)cc2NC)c(C)c1. The molecule has 0 aliphatic rings. The predicted molar refractivity (Wildman–Crippen MR) is 88.1 cm³/mol. The quantitative estimate of drug-likeness (QED) is 0.826. The summed E-state index contributed by atoms with van der Waals surface area (Å²) in [6, 6.07) is 11.6. The van der Waals surface area contributed by atoms with Crippen LogP contribution in [-0.4, -0.2) is 21.5 Å². The summed E-state index contributed by atoms with van der Waals surface area (Å²) in [5, 5.41) is 3.17. The third kappa shape index (κ3) is 3.94. The number of hydrogen-bond donors (Lipinski definition) is 1. The van der Waals surface area contributed by atoms with Crippen molar-refractivity contribution < 1.29 is 9.47 Å².